The molecule has 86 valence electrons. The number of hydrogen-bond acceptors (Lipinski definition) is 5. The Morgan fingerprint density at radius 1 is 1.24 bits per heavy atom. The average Bonchev–Trinajstić information content (AvgIpc) is 2.33. The number of ether oxygens (including phenoxy) is 1. The number of nitrogens with two attached hydrogens (primary N) is 1. The fourth-order valence-electron chi connectivity index (χ4n) is 1.12. The standard InChI is InChI=1S/C11H8FN3O2/c12-8-3-1-2-4-9(8)17-11(16)10-14-5-7(13)6-15-10/h1-6H,13H2. The molecule has 0 aliphatic carbocycles. The van der Waals surface area contributed by atoms with Gasteiger partial charge >= 0.3 is 5.97 Å². The first-order valence-corrected chi connectivity index (χ1v) is 4.71. The van der Waals surface area contributed by atoms with Crippen LogP contribution < -0.4 is 10.5 Å². The summed E-state index contributed by atoms with van der Waals surface area (Å²) < 4.78 is 18.0. The maximum atomic E-state index is 13.2. The molecule has 2 aromatic rings. The van der Waals surface area contributed by atoms with Crippen LogP contribution in [0, 0.1) is 5.82 Å². The molecule has 0 radical (unpaired) electrons. The summed E-state index contributed by atoms with van der Waals surface area (Å²) in [6.45, 7) is 0. The van der Waals surface area contributed by atoms with Gasteiger partial charge in [-0.15, -0.1) is 0 Å². The molecule has 0 unspecified atom stereocenters. The number of carbonyl (C=O) groups is 1. The average molecular weight is 233 g/mol. The van der Waals surface area contributed by atoms with Crippen molar-refractivity contribution < 1.29 is 13.9 Å². The predicted octanol–water partition coefficient (Wildman–Crippen LogP) is 1.42. The van der Waals surface area contributed by atoms with E-state index < -0.39 is 11.8 Å². The van der Waals surface area contributed by atoms with Crippen molar-refractivity contribution in [2.24, 2.45) is 0 Å². The van der Waals surface area contributed by atoms with Gasteiger partial charge in [0.15, 0.2) is 11.6 Å². The van der Waals surface area contributed by atoms with Crippen LogP contribution in [0.25, 0.3) is 0 Å². The topological polar surface area (TPSA) is 78.1 Å². The number of esters is 1. The van der Waals surface area contributed by atoms with Crippen molar-refractivity contribution in [3.8, 4) is 5.75 Å². The molecule has 1 heterocycles. The third-order valence-electron chi connectivity index (χ3n) is 1.89. The minimum atomic E-state index is -0.838. The number of anilines is 1. The van der Waals surface area contributed by atoms with E-state index in [0.717, 1.165) is 0 Å². The number of nitrogen functional groups attached to an aromatic ring is 1. The minimum Gasteiger partial charge on any atom is -0.417 e. The summed E-state index contributed by atoms with van der Waals surface area (Å²) >= 11 is 0. The van der Waals surface area contributed by atoms with Crippen molar-refractivity contribution in [3.63, 3.8) is 0 Å². The third-order valence-corrected chi connectivity index (χ3v) is 1.89. The molecule has 1 aromatic heterocycles. The first-order valence-electron chi connectivity index (χ1n) is 4.71. The maximum Gasteiger partial charge on any atom is 0.381 e. The zero-order chi connectivity index (χ0) is 12.3. The predicted molar refractivity (Wildman–Crippen MR) is 57.8 cm³/mol. The molecule has 0 saturated carbocycles. The Morgan fingerprint density at radius 2 is 1.88 bits per heavy atom. The van der Waals surface area contributed by atoms with E-state index in [-0.39, 0.29) is 11.6 Å². The molecule has 5 nitrogen and oxygen atoms in total. The monoisotopic (exact) mass is 233 g/mol. The van der Waals surface area contributed by atoms with Crippen molar-refractivity contribution in [2.45, 2.75) is 0 Å². The van der Waals surface area contributed by atoms with Gasteiger partial charge in [0.2, 0.25) is 5.82 Å². The van der Waals surface area contributed by atoms with Crippen LogP contribution in [0.15, 0.2) is 36.7 Å². The zero-order valence-corrected chi connectivity index (χ0v) is 8.63. The summed E-state index contributed by atoms with van der Waals surface area (Å²) in [7, 11) is 0. The van der Waals surface area contributed by atoms with E-state index in [1.54, 1.807) is 6.07 Å². The number of rotatable bonds is 2. The van der Waals surface area contributed by atoms with Gasteiger partial charge in [0.25, 0.3) is 0 Å². The molecule has 6 heteroatoms. The molecule has 0 spiro atoms. The van der Waals surface area contributed by atoms with E-state index in [2.05, 4.69) is 9.97 Å². The summed E-state index contributed by atoms with van der Waals surface area (Å²) in [4.78, 5) is 18.9. The molecular weight excluding hydrogens is 225 g/mol. The fourth-order valence-corrected chi connectivity index (χ4v) is 1.12. The largest absolute Gasteiger partial charge is 0.417 e. The normalized spacial score (nSPS) is 9.94. The highest BCUT2D eigenvalue weighted by atomic mass is 19.1. The summed E-state index contributed by atoms with van der Waals surface area (Å²) in [6, 6.07) is 5.57. The first-order chi connectivity index (χ1) is 8.16. The van der Waals surface area contributed by atoms with E-state index in [4.69, 9.17) is 10.5 Å². The van der Waals surface area contributed by atoms with Gasteiger partial charge < -0.3 is 10.5 Å². The Labute approximate surface area is 96.1 Å². The number of benzene rings is 1. The molecule has 1 aromatic carbocycles. The zero-order valence-electron chi connectivity index (χ0n) is 8.63. The lowest BCUT2D eigenvalue weighted by molar-refractivity contribution is 0.0715. The molecule has 0 amide bonds. The Bertz CT molecular complexity index is 543. The van der Waals surface area contributed by atoms with E-state index in [0.29, 0.717) is 5.69 Å². The number of nitrogens with zero attached hydrogens (tertiary/aromatic N) is 2. The van der Waals surface area contributed by atoms with Gasteiger partial charge in [0.1, 0.15) is 0 Å². The molecular formula is C11H8FN3O2. The Balaban J connectivity index is 2.17. The van der Waals surface area contributed by atoms with Crippen LogP contribution in [0.3, 0.4) is 0 Å². The molecule has 2 rings (SSSR count). The lowest BCUT2D eigenvalue weighted by Gasteiger charge is -2.03. The Kier molecular flexibility index (Phi) is 2.95. The van der Waals surface area contributed by atoms with E-state index in [9.17, 15) is 9.18 Å². The van der Waals surface area contributed by atoms with Gasteiger partial charge in [-0.2, -0.15) is 0 Å². The molecule has 2 N–H and O–H groups in total. The molecule has 0 aliphatic heterocycles. The van der Waals surface area contributed by atoms with Crippen LogP contribution in [-0.2, 0) is 0 Å². The van der Waals surface area contributed by atoms with E-state index >= 15 is 0 Å². The van der Waals surface area contributed by atoms with Gasteiger partial charge in [-0.1, -0.05) is 12.1 Å². The molecule has 0 fully saturated rings. The van der Waals surface area contributed by atoms with Crippen LogP contribution in [0.5, 0.6) is 5.75 Å². The second kappa shape index (κ2) is 4.56. The lowest BCUT2D eigenvalue weighted by atomic mass is 10.3. The number of hydrogen-bond donors (Lipinski definition) is 1. The van der Waals surface area contributed by atoms with Gasteiger partial charge in [-0.25, -0.2) is 19.2 Å². The number of halogens is 1. The van der Waals surface area contributed by atoms with Gasteiger partial charge in [-0.3, -0.25) is 0 Å². The van der Waals surface area contributed by atoms with Crippen molar-refractivity contribution in [1.82, 2.24) is 9.97 Å². The second-order valence-electron chi connectivity index (χ2n) is 3.16. The molecule has 0 saturated heterocycles. The number of aromatic nitrogens is 2. The summed E-state index contributed by atoms with van der Waals surface area (Å²) in [5.74, 6) is -1.81. The quantitative estimate of drug-likeness (QED) is 0.626. The fraction of sp³-hybridized carbons (Fsp3) is 0. The molecule has 17 heavy (non-hydrogen) atoms. The highest BCUT2D eigenvalue weighted by Crippen LogP contribution is 2.16. The van der Waals surface area contributed by atoms with Crippen LogP contribution >= 0.6 is 0 Å². The third kappa shape index (κ3) is 2.54. The highest BCUT2D eigenvalue weighted by molar-refractivity contribution is 5.87. The second-order valence-corrected chi connectivity index (χ2v) is 3.16. The van der Waals surface area contributed by atoms with Crippen molar-refractivity contribution in [1.29, 1.82) is 0 Å². The number of carbonyl (C=O) groups excluding carboxylic acids is 1. The maximum absolute atomic E-state index is 13.2. The Hall–Kier alpha value is -2.50. The van der Waals surface area contributed by atoms with Gasteiger partial charge in [0, 0.05) is 0 Å². The van der Waals surface area contributed by atoms with Crippen LogP contribution in [0.2, 0.25) is 0 Å². The first kappa shape index (κ1) is 11.0. The van der Waals surface area contributed by atoms with Crippen LogP contribution in [0.4, 0.5) is 10.1 Å². The van der Waals surface area contributed by atoms with Crippen molar-refractivity contribution in [2.75, 3.05) is 5.73 Å². The SMILES string of the molecule is Nc1cnc(C(=O)Oc2ccccc2F)nc1. The van der Waals surface area contributed by atoms with Crippen molar-refractivity contribution >= 4 is 11.7 Å². The smallest absolute Gasteiger partial charge is 0.381 e. The summed E-state index contributed by atoms with van der Waals surface area (Å²) in [5.41, 5.74) is 5.69. The number of para-hydroxylation sites is 1. The molecule has 0 atom stereocenters. The van der Waals surface area contributed by atoms with Gasteiger partial charge in [0.05, 0.1) is 18.1 Å². The van der Waals surface area contributed by atoms with E-state index in [1.165, 1.54) is 30.6 Å². The lowest BCUT2D eigenvalue weighted by Crippen LogP contribution is -2.13. The Morgan fingerprint density at radius 3 is 2.53 bits per heavy atom. The summed E-state index contributed by atoms with van der Waals surface area (Å²) in [6.07, 6.45) is 2.54. The van der Waals surface area contributed by atoms with Gasteiger partial charge in [-0.05, 0) is 12.1 Å². The summed E-state index contributed by atoms with van der Waals surface area (Å²) in [5, 5.41) is 0. The molecule has 0 bridgehead atoms. The minimum absolute atomic E-state index is 0.169. The van der Waals surface area contributed by atoms with Crippen molar-refractivity contribution in [3.05, 3.63) is 48.3 Å². The highest BCUT2D eigenvalue weighted by Gasteiger charge is 2.13. The van der Waals surface area contributed by atoms with Crippen LogP contribution in [-0.4, -0.2) is 15.9 Å². The molecule has 0 aliphatic rings. The van der Waals surface area contributed by atoms with E-state index in [1.807, 2.05) is 0 Å². The van der Waals surface area contributed by atoms with Crippen LogP contribution in [0.1, 0.15) is 10.6 Å².